The first-order valence-corrected chi connectivity index (χ1v) is 10.5. The predicted octanol–water partition coefficient (Wildman–Crippen LogP) is 4.65. The van der Waals surface area contributed by atoms with E-state index in [2.05, 4.69) is 16.0 Å². The summed E-state index contributed by atoms with van der Waals surface area (Å²) in [4.78, 5) is 23.3. The third-order valence-corrected chi connectivity index (χ3v) is 6.56. The van der Waals surface area contributed by atoms with E-state index in [-0.39, 0.29) is 5.56 Å². The second-order valence-electron chi connectivity index (χ2n) is 6.25. The number of nitriles is 1. The zero-order valence-electron chi connectivity index (χ0n) is 14.3. The Balaban J connectivity index is 1.80. The van der Waals surface area contributed by atoms with Crippen molar-refractivity contribution in [1.82, 2.24) is 9.97 Å². The first kappa shape index (κ1) is 17.1. The number of aromatic nitrogens is 2. The number of fused-ring (bicyclic) bond motifs is 3. The van der Waals surface area contributed by atoms with Gasteiger partial charge in [0.2, 0.25) is 0 Å². The molecule has 1 aromatic carbocycles. The van der Waals surface area contributed by atoms with Gasteiger partial charge in [-0.15, -0.1) is 23.1 Å². The van der Waals surface area contributed by atoms with Crippen molar-refractivity contribution in [1.29, 1.82) is 5.26 Å². The summed E-state index contributed by atoms with van der Waals surface area (Å²) in [5.41, 5.74) is 2.30. The number of allylic oxidation sites excluding steroid dienone is 1. The van der Waals surface area contributed by atoms with Gasteiger partial charge in [-0.1, -0.05) is 12.1 Å². The topological polar surface area (TPSA) is 69.5 Å². The molecule has 0 bridgehead atoms. The van der Waals surface area contributed by atoms with Crippen LogP contribution in [0.15, 0.2) is 34.0 Å². The molecule has 0 radical (unpaired) electrons. The van der Waals surface area contributed by atoms with Crippen molar-refractivity contribution in [2.24, 2.45) is 0 Å². The van der Waals surface area contributed by atoms with Crippen molar-refractivity contribution in [3.05, 3.63) is 56.4 Å². The number of nitrogens with zero attached hydrogens (tertiary/aromatic N) is 2. The van der Waals surface area contributed by atoms with Crippen molar-refractivity contribution in [2.75, 3.05) is 6.26 Å². The second-order valence-corrected chi connectivity index (χ2v) is 8.21. The van der Waals surface area contributed by atoms with Gasteiger partial charge in [-0.2, -0.15) is 5.26 Å². The number of hydrogen-bond acceptors (Lipinski definition) is 5. The average molecular weight is 380 g/mol. The molecule has 0 amide bonds. The molecule has 1 aliphatic rings. The van der Waals surface area contributed by atoms with Gasteiger partial charge >= 0.3 is 0 Å². The number of aryl methyl sites for hydroxylation is 2. The van der Waals surface area contributed by atoms with Crippen LogP contribution in [-0.2, 0) is 12.8 Å². The van der Waals surface area contributed by atoms with E-state index in [1.54, 1.807) is 29.2 Å². The zero-order chi connectivity index (χ0) is 18.1. The van der Waals surface area contributed by atoms with Crippen LogP contribution in [0.4, 0.5) is 0 Å². The monoisotopic (exact) mass is 379 g/mol. The minimum Gasteiger partial charge on any atom is -0.305 e. The number of H-pyrrole nitrogens is 1. The largest absolute Gasteiger partial charge is 0.305 e. The maximum absolute atomic E-state index is 12.7. The Kier molecular flexibility index (Phi) is 4.66. The van der Waals surface area contributed by atoms with Gasteiger partial charge in [-0.25, -0.2) is 4.98 Å². The molecule has 3 aromatic rings. The number of thioether (sulfide) groups is 1. The van der Waals surface area contributed by atoms with Gasteiger partial charge in [0.1, 0.15) is 10.9 Å². The van der Waals surface area contributed by atoms with E-state index in [1.165, 1.54) is 11.3 Å². The highest BCUT2D eigenvalue weighted by atomic mass is 32.2. The molecule has 0 unspecified atom stereocenters. The summed E-state index contributed by atoms with van der Waals surface area (Å²) < 4.78 is 0. The van der Waals surface area contributed by atoms with Crippen molar-refractivity contribution in [2.45, 2.75) is 30.6 Å². The van der Waals surface area contributed by atoms with Gasteiger partial charge < -0.3 is 4.98 Å². The minimum atomic E-state index is -0.136. The van der Waals surface area contributed by atoms with Gasteiger partial charge in [0.05, 0.1) is 11.0 Å². The fourth-order valence-corrected chi connectivity index (χ4v) is 4.98. The Morgan fingerprint density at radius 3 is 2.81 bits per heavy atom. The number of rotatable bonds is 3. The van der Waals surface area contributed by atoms with E-state index < -0.39 is 0 Å². The zero-order valence-corrected chi connectivity index (χ0v) is 16.0. The molecule has 1 aliphatic carbocycles. The Hall–Kier alpha value is -2.36. The highest BCUT2D eigenvalue weighted by Crippen LogP contribution is 2.34. The van der Waals surface area contributed by atoms with E-state index >= 15 is 0 Å². The number of thiophene rings is 1. The average Bonchev–Trinajstić information content (AvgIpc) is 3.05. The third-order valence-electron chi connectivity index (χ3n) is 4.63. The maximum Gasteiger partial charge on any atom is 0.260 e. The van der Waals surface area contributed by atoms with Crippen LogP contribution in [0.3, 0.4) is 0 Å². The van der Waals surface area contributed by atoms with Gasteiger partial charge in [-0.3, -0.25) is 4.79 Å². The number of benzene rings is 1. The molecule has 0 spiro atoms. The van der Waals surface area contributed by atoms with Crippen LogP contribution in [-0.4, -0.2) is 16.2 Å². The summed E-state index contributed by atoms with van der Waals surface area (Å²) in [6.07, 6.45) is 8.04. The fraction of sp³-hybridized carbons (Fsp3) is 0.250. The molecule has 0 aliphatic heterocycles. The third kappa shape index (κ3) is 3.09. The van der Waals surface area contributed by atoms with Crippen LogP contribution in [0.2, 0.25) is 0 Å². The number of nitrogens with one attached hydrogen (secondary N) is 1. The standard InChI is InChI=1S/C20H17N3OS2/c1-25-14-8-6-12(7-9-14)10-13(11-21)18-22-19(24)17-15-4-2-3-5-16(15)26-20(17)23-18/h6-10H,2-5H2,1H3,(H,22,23,24)/b13-10+. The maximum atomic E-state index is 12.7. The Labute approximate surface area is 159 Å². The molecule has 4 nitrogen and oxygen atoms in total. The number of aromatic amines is 1. The minimum absolute atomic E-state index is 0.136. The summed E-state index contributed by atoms with van der Waals surface area (Å²) >= 11 is 3.27. The van der Waals surface area contributed by atoms with E-state index in [0.29, 0.717) is 11.4 Å². The predicted molar refractivity (Wildman–Crippen MR) is 109 cm³/mol. The van der Waals surface area contributed by atoms with Gasteiger partial charge in [0.25, 0.3) is 5.56 Å². The lowest BCUT2D eigenvalue weighted by atomic mass is 9.97. The SMILES string of the molecule is CSc1ccc(/C=C(\C#N)c2nc3sc4c(c3c(=O)[nH]2)CCCC4)cc1. The smallest absolute Gasteiger partial charge is 0.260 e. The van der Waals surface area contributed by atoms with Crippen molar-refractivity contribution >= 4 is 45.0 Å². The van der Waals surface area contributed by atoms with Crippen molar-refractivity contribution in [3.63, 3.8) is 0 Å². The van der Waals surface area contributed by atoms with Crippen molar-refractivity contribution < 1.29 is 0 Å². The fourth-order valence-electron chi connectivity index (χ4n) is 3.31. The molecule has 1 N–H and O–H groups in total. The number of hydrogen-bond donors (Lipinski definition) is 1. The highest BCUT2D eigenvalue weighted by Gasteiger charge is 2.20. The molecule has 0 atom stereocenters. The molecule has 0 saturated heterocycles. The van der Waals surface area contributed by atoms with Crippen LogP contribution in [0.25, 0.3) is 21.9 Å². The molecular formula is C20H17N3OS2. The lowest BCUT2D eigenvalue weighted by Crippen LogP contribution is -2.12. The first-order valence-electron chi connectivity index (χ1n) is 8.50. The molecular weight excluding hydrogens is 362 g/mol. The van der Waals surface area contributed by atoms with E-state index in [1.807, 2.05) is 30.5 Å². The lowest BCUT2D eigenvalue weighted by Gasteiger charge is -2.09. The summed E-state index contributed by atoms with van der Waals surface area (Å²) in [5.74, 6) is 0.345. The molecule has 2 aromatic heterocycles. The van der Waals surface area contributed by atoms with Crippen LogP contribution < -0.4 is 5.56 Å². The lowest BCUT2D eigenvalue weighted by molar-refractivity contribution is 0.700. The van der Waals surface area contributed by atoms with Gasteiger partial charge in [0, 0.05) is 9.77 Å². The molecule has 6 heteroatoms. The van der Waals surface area contributed by atoms with Gasteiger partial charge in [0.15, 0.2) is 5.82 Å². The van der Waals surface area contributed by atoms with Crippen LogP contribution >= 0.6 is 23.1 Å². The van der Waals surface area contributed by atoms with Crippen LogP contribution in [0.5, 0.6) is 0 Å². The van der Waals surface area contributed by atoms with E-state index in [4.69, 9.17) is 0 Å². The normalized spacial score (nSPS) is 14.2. The Morgan fingerprint density at radius 2 is 2.08 bits per heavy atom. The summed E-state index contributed by atoms with van der Waals surface area (Å²) in [7, 11) is 0. The van der Waals surface area contributed by atoms with E-state index in [0.717, 1.165) is 45.5 Å². The van der Waals surface area contributed by atoms with E-state index in [9.17, 15) is 10.1 Å². The molecule has 2 heterocycles. The second kappa shape index (κ2) is 7.10. The molecule has 4 rings (SSSR count). The molecule has 0 fully saturated rings. The molecule has 26 heavy (non-hydrogen) atoms. The highest BCUT2D eigenvalue weighted by molar-refractivity contribution is 7.98. The molecule has 0 saturated carbocycles. The molecule has 130 valence electrons. The first-order chi connectivity index (χ1) is 12.7. The van der Waals surface area contributed by atoms with Crippen LogP contribution in [0, 0.1) is 11.3 Å². The Morgan fingerprint density at radius 1 is 1.31 bits per heavy atom. The summed E-state index contributed by atoms with van der Waals surface area (Å²) in [6.45, 7) is 0. The van der Waals surface area contributed by atoms with Gasteiger partial charge in [-0.05, 0) is 61.3 Å². The summed E-state index contributed by atoms with van der Waals surface area (Å²) in [5, 5.41) is 10.3. The van der Waals surface area contributed by atoms with Crippen LogP contribution in [0.1, 0.15) is 34.7 Å². The Bertz CT molecular complexity index is 1100. The summed E-state index contributed by atoms with van der Waals surface area (Å²) in [6, 6.07) is 10.1. The quantitative estimate of drug-likeness (QED) is 0.531. The van der Waals surface area contributed by atoms with Crippen molar-refractivity contribution in [3.8, 4) is 6.07 Å².